The van der Waals surface area contributed by atoms with Crippen LogP contribution in [-0.4, -0.2) is 11.8 Å². The lowest BCUT2D eigenvalue weighted by Gasteiger charge is -2.25. The van der Waals surface area contributed by atoms with Crippen LogP contribution in [0, 0.1) is 0 Å². The average molecular weight is 212 g/mol. The van der Waals surface area contributed by atoms with Gasteiger partial charge in [0.15, 0.2) is 5.78 Å². The number of hydrogen-bond donors (Lipinski definition) is 1. The molecule has 2 atom stereocenters. The summed E-state index contributed by atoms with van der Waals surface area (Å²) in [6, 6.07) is 7.74. The van der Waals surface area contributed by atoms with E-state index in [4.69, 9.17) is 5.73 Å². The van der Waals surface area contributed by atoms with E-state index in [-0.39, 0.29) is 30.2 Å². The molecule has 1 aliphatic rings. The third-order valence-corrected chi connectivity index (χ3v) is 2.75. The Balaban J connectivity index is 0.000000980. The van der Waals surface area contributed by atoms with E-state index in [1.165, 1.54) is 5.56 Å². The predicted octanol–water partition coefficient (Wildman–Crippen LogP) is 1.66. The van der Waals surface area contributed by atoms with Crippen LogP contribution in [0.4, 0.5) is 0 Å². The number of carbonyl (C=O) groups excluding carboxylic acids is 1. The Morgan fingerprint density at radius 3 is 2.71 bits per heavy atom. The summed E-state index contributed by atoms with van der Waals surface area (Å²) in [6.45, 7) is 1.93. The lowest BCUT2D eigenvalue weighted by molar-refractivity contribution is -0.121. The van der Waals surface area contributed by atoms with Crippen molar-refractivity contribution in [1.29, 1.82) is 0 Å². The molecule has 2 rings (SSSR count). The second-order valence-electron chi connectivity index (χ2n) is 3.63. The maximum atomic E-state index is 11.6. The van der Waals surface area contributed by atoms with Crippen LogP contribution in [-0.2, 0) is 11.2 Å². The molecule has 1 aromatic carbocycles. The van der Waals surface area contributed by atoms with E-state index >= 15 is 0 Å². The Morgan fingerprint density at radius 2 is 2.00 bits per heavy atom. The van der Waals surface area contributed by atoms with E-state index in [9.17, 15) is 4.79 Å². The Hall–Kier alpha value is -0.860. The first-order valence-electron chi connectivity index (χ1n) is 4.57. The Labute approximate surface area is 89.9 Å². The molecule has 0 saturated heterocycles. The summed E-state index contributed by atoms with van der Waals surface area (Å²) in [5.41, 5.74) is 8.11. The van der Waals surface area contributed by atoms with Crippen LogP contribution >= 0.6 is 12.4 Å². The third-order valence-electron chi connectivity index (χ3n) is 2.75. The normalized spacial score (nSPS) is 25.1. The molecule has 0 aliphatic heterocycles. The van der Waals surface area contributed by atoms with Crippen LogP contribution in [0.1, 0.15) is 24.0 Å². The molecule has 2 N–H and O–H groups in total. The minimum absolute atomic E-state index is 0. The molecule has 0 amide bonds. The molecule has 1 aliphatic carbocycles. The molecule has 0 heterocycles. The van der Waals surface area contributed by atoms with Gasteiger partial charge in [-0.15, -0.1) is 12.4 Å². The maximum Gasteiger partial charge on any atom is 0.157 e. The van der Waals surface area contributed by atoms with E-state index in [2.05, 4.69) is 6.07 Å². The number of Topliss-reactive ketones (excluding diaryl/α,β-unsaturated/α-hetero) is 1. The first-order valence-corrected chi connectivity index (χ1v) is 4.57. The van der Waals surface area contributed by atoms with Crippen molar-refractivity contribution in [2.45, 2.75) is 25.3 Å². The third kappa shape index (κ3) is 1.68. The van der Waals surface area contributed by atoms with Crippen LogP contribution in [0.25, 0.3) is 0 Å². The van der Waals surface area contributed by atoms with E-state index in [0.717, 1.165) is 5.56 Å². The molecule has 1 aromatic rings. The minimum atomic E-state index is -0.301. The average Bonchev–Trinajstić information content (AvgIpc) is 2.15. The molecule has 76 valence electrons. The number of rotatable bonds is 0. The molecule has 2 nitrogen and oxygen atoms in total. The van der Waals surface area contributed by atoms with Gasteiger partial charge in [-0.05, 0) is 17.5 Å². The summed E-state index contributed by atoms with van der Waals surface area (Å²) in [5, 5.41) is 0. The number of halogens is 1. The van der Waals surface area contributed by atoms with Gasteiger partial charge in [0.2, 0.25) is 0 Å². The Kier molecular flexibility index (Phi) is 3.29. The van der Waals surface area contributed by atoms with Crippen LogP contribution in [0.5, 0.6) is 0 Å². The minimum Gasteiger partial charge on any atom is -0.321 e. The van der Waals surface area contributed by atoms with Gasteiger partial charge in [-0.3, -0.25) is 4.79 Å². The van der Waals surface area contributed by atoms with E-state index in [1.807, 2.05) is 25.1 Å². The molecule has 2 unspecified atom stereocenters. The summed E-state index contributed by atoms with van der Waals surface area (Å²) in [5.74, 6) is 0.138. The van der Waals surface area contributed by atoms with Crippen molar-refractivity contribution in [2.24, 2.45) is 5.73 Å². The fraction of sp³-hybridized carbons (Fsp3) is 0.364. The Morgan fingerprint density at radius 1 is 1.36 bits per heavy atom. The van der Waals surface area contributed by atoms with Crippen molar-refractivity contribution in [3.05, 3.63) is 35.4 Å². The standard InChI is InChI=1S/C11H13NO.ClH/c1-7-9-5-3-2-4-8(9)6-10(12)11(7)13;/h2-5,7,10H,6,12H2,1H3;1H. The number of benzene rings is 1. The van der Waals surface area contributed by atoms with E-state index < -0.39 is 0 Å². The van der Waals surface area contributed by atoms with Crippen molar-refractivity contribution in [1.82, 2.24) is 0 Å². The zero-order valence-corrected chi connectivity index (χ0v) is 8.88. The van der Waals surface area contributed by atoms with E-state index in [1.54, 1.807) is 0 Å². The first-order chi connectivity index (χ1) is 6.20. The van der Waals surface area contributed by atoms with Gasteiger partial charge in [0, 0.05) is 5.92 Å². The number of hydrogen-bond acceptors (Lipinski definition) is 2. The molecule has 14 heavy (non-hydrogen) atoms. The SMILES string of the molecule is CC1C(=O)C(N)Cc2ccccc21.Cl. The molecule has 0 spiro atoms. The fourth-order valence-corrected chi connectivity index (χ4v) is 1.95. The summed E-state index contributed by atoms with van der Waals surface area (Å²) in [7, 11) is 0. The molecule has 0 fully saturated rings. The number of nitrogens with two attached hydrogens (primary N) is 1. The topological polar surface area (TPSA) is 43.1 Å². The summed E-state index contributed by atoms with van der Waals surface area (Å²) < 4.78 is 0. The maximum absolute atomic E-state index is 11.6. The lowest BCUT2D eigenvalue weighted by atomic mass is 9.80. The molecular formula is C11H14ClNO. The van der Waals surface area contributed by atoms with Gasteiger partial charge in [0.1, 0.15) is 0 Å². The van der Waals surface area contributed by atoms with Gasteiger partial charge in [-0.25, -0.2) is 0 Å². The zero-order valence-electron chi connectivity index (χ0n) is 8.07. The Bertz CT molecular complexity index is 351. The predicted molar refractivity (Wildman–Crippen MR) is 58.8 cm³/mol. The fourth-order valence-electron chi connectivity index (χ4n) is 1.95. The molecular weight excluding hydrogens is 198 g/mol. The molecule has 0 saturated carbocycles. The van der Waals surface area contributed by atoms with Crippen molar-refractivity contribution in [3.8, 4) is 0 Å². The summed E-state index contributed by atoms with van der Waals surface area (Å²) in [4.78, 5) is 11.6. The number of carbonyl (C=O) groups is 1. The van der Waals surface area contributed by atoms with Crippen LogP contribution in [0.2, 0.25) is 0 Å². The second kappa shape index (κ2) is 4.11. The largest absolute Gasteiger partial charge is 0.321 e. The van der Waals surface area contributed by atoms with Crippen LogP contribution in [0.3, 0.4) is 0 Å². The lowest BCUT2D eigenvalue weighted by Crippen LogP contribution is -2.39. The van der Waals surface area contributed by atoms with Gasteiger partial charge in [-0.2, -0.15) is 0 Å². The van der Waals surface area contributed by atoms with E-state index in [0.29, 0.717) is 6.42 Å². The van der Waals surface area contributed by atoms with Gasteiger partial charge in [0.05, 0.1) is 6.04 Å². The highest BCUT2D eigenvalue weighted by atomic mass is 35.5. The molecule has 0 radical (unpaired) electrons. The molecule has 0 bridgehead atoms. The highest BCUT2D eigenvalue weighted by molar-refractivity contribution is 5.92. The molecule has 0 aromatic heterocycles. The van der Waals surface area contributed by atoms with Gasteiger partial charge in [0.25, 0.3) is 0 Å². The van der Waals surface area contributed by atoms with Crippen LogP contribution in [0.15, 0.2) is 24.3 Å². The van der Waals surface area contributed by atoms with Gasteiger partial charge < -0.3 is 5.73 Å². The van der Waals surface area contributed by atoms with Gasteiger partial charge in [-0.1, -0.05) is 31.2 Å². The highest BCUT2D eigenvalue weighted by Gasteiger charge is 2.29. The molecule has 3 heteroatoms. The first kappa shape index (κ1) is 11.2. The summed E-state index contributed by atoms with van der Waals surface area (Å²) >= 11 is 0. The van der Waals surface area contributed by atoms with Crippen molar-refractivity contribution < 1.29 is 4.79 Å². The quantitative estimate of drug-likeness (QED) is 0.710. The second-order valence-corrected chi connectivity index (χ2v) is 3.63. The number of ketones is 1. The number of fused-ring (bicyclic) bond motifs is 1. The van der Waals surface area contributed by atoms with Crippen molar-refractivity contribution in [3.63, 3.8) is 0 Å². The van der Waals surface area contributed by atoms with Crippen molar-refractivity contribution >= 4 is 18.2 Å². The smallest absolute Gasteiger partial charge is 0.157 e. The van der Waals surface area contributed by atoms with Crippen LogP contribution < -0.4 is 5.73 Å². The highest BCUT2D eigenvalue weighted by Crippen LogP contribution is 2.27. The van der Waals surface area contributed by atoms with Crippen molar-refractivity contribution in [2.75, 3.05) is 0 Å². The van der Waals surface area contributed by atoms with Gasteiger partial charge >= 0.3 is 0 Å². The monoisotopic (exact) mass is 211 g/mol. The summed E-state index contributed by atoms with van der Waals surface area (Å²) in [6.07, 6.45) is 0.694. The zero-order chi connectivity index (χ0) is 9.42.